The first kappa shape index (κ1) is 18.7. The highest BCUT2D eigenvalue weighted by Crippen LogP contribution is 2.04. The zero-order chi connectivity index (χ0) is 15.9. The van der Waals surface area contributed by atoms with Crippen LogP contribution in [0.3, 0.4) is 0 Å². The molecular formula is C19H25ClO2. The van der Waals surface area contributed by atoms with Crippen LogP contribution >= 0.6 is 11.6 Å². The van der Waals surface area contributed by atoms with Gasteiger partial charge in [0.05, 0.1) is 0 Å². The molecule has 0 radical (unpaired) electrons. The summed E-state index contributed by atoms with van der Waals surface area (Å²) in [6.45, 7) is 3.13. The highest BCUT2D eigenvalue weighted by atomic mass is 35.5. The van der Waals surface area contributed by atoms with Gasteiger partial charge in [0.15, 0.2) is 0 Å². The van der Waals surface area contributed by atoms with Gasteiger partial charge in [-0.05, 0) is 17.5 Å². The predicted molar refractivity (Wildman–Crippen MR) is 92.7 cm³/mol. The van der Waals surface area contributed by atoms with Gasteiger partial charge in [-0.15, -0.1) is 11.6 Å². The lowest BCUT2D eigenvalue weighted by atomic mass is 10.2. The number of alkyl halides is 1. The van der Waals surface area contributed by atoms with Crippen molar-refractivity contribution in [2.24, 2.45) is 0 Å². The molecule has 2 aromatic rings. The number of halogens is 1. The third-order valence-corrected chi connectivity index (χ3v) is 3.22. The lowest BCUT2D eigenvalue weighted by molar-refractivity contribution is -0.313. The largest absolute Gasteiger partial charge is 0.232 e. The van der Waals surface area contributed by atoms with E-state index in [1.165, 1.54) is 19.3 Å². The summed E-state index contributed by atoms with van der Waals surface area (Å²) in [6, 6.07) is 19.9. The molecule has 2 aromatic carbocycles. The molecule has 0 spiro atoms. The average molecular weight is 321 g/mol. The molecule has 0 aliphatic rings. The Morgan fingerprint density at radius 1 is 0.727 bits per heavy atom. The van der Waals surface area contributed by atoms with Gasteiger partial charge in [-0.1, -0.05) is 80.4 Å². The molecule has 0 fully saturated rings. The number of rotatable bonds is 8. The molecule has 0 bridgehead atoms. The van der Waals surface area contributed by atoms with Crippen molar-refractivity contribution >= 4 is 11.6 Å². The zero-order valence-corrected chi connectivity index (χ0v) is 14.0. The van der Waals surface area contributed by atoms with E-state index in [2.05, 4.69) is 6.92 Å². The average Bonchev–Trinajstić information content (AvgIpc) is 2.59. The van der Waals surface area contributed by atoms with Crippen molar-refractivity contribution in [2.45, 2.75) is 39.4 Å². The molecule has 2 rings (SSSR count). The van der Waals surface area contributed by atoms with E-state index in [0.29, 0.717) is 13.2 Å². The first-order chi connectivity index (χ1) is 10.9. The molecule has 0 aliphatic carbocycles. The van der Waals surface area contributed by atoms with E-state index < -0.39 is 0 Å². The molecule has 0 saturated heterocycles. The normalized spacial score (nSPS) is 9.91. The number of benzene rings is 2. The molecule has 0 aromatic heterocycles. The van der Waals surface area contributed by atoms with E-state index >= 15 is 0 Å². The summed E-state index contributed by atoms with van der Waals surface area (Å²) < 4.78 is 0. The minimum atomic E-state index is 0.480. The Hall–Kier alpha value is -1.35. The molecule has 0 heterocycles. The van der Waals surface area contributed by atoms with Crippen LogP contribution in [0.4, 0.5) is 0 Å². The van der Waals surface area contributed by atoms with E-state index in [9.17, 15) is 0 Å². The Bertz CT molecular complexity index is 414. The molecule has 120 valence electrons. The third-order valence-electron chi connectivity index (χ3n) is 2.96. The molecule has 0 amide bonds. The highest BCUT2D eigenvalue weighted by Gasteiger charge is 1.94. The molecule has 0 unspecified atom stereocenters. The fourth-order valence-corrected chi connectivity index (χ4v) is 1.90. The Balaban J connectivity index is 0.000000346. The summed E-state index contributed by atoms with van der Waals surface area (Å²) in [7, 11) is 0. The van der Waals surface area contributed by atoms with Crippen molar-refractivity contribution in [1.82, 2.24) is 0 Å². The molecular weight excluding hydrogens is 296 g/mol. The molecule has 2 nitrogen and oxygen atoms in total. The van der Waals surface area contributed by atoms with Crippen LogP contribution in [0.15, 0.2) is 60.7 Å². The van der Waals surface area contributed by atoms with Crippen LogP contribution in [0.2, 0.25) is 0 Å². The lowest BCUT2D eigenvalue weighted by Crippen LogP contribution is -1.95. The predicted octanol–water partition coefficient (Wildman–Crippen LogP) is 5.75. The van der Waals surface area contributed by atoms with Crippen molar-refractivity contribution in [3.63, 3.8) is 0 Å². The van der Waals surface area contributed by atoms with Gasteiger partial charge in [-0.25, -0.2) is 9.78 Å². The minimum Gasteiger partial charge on any atom is -0.232 e. The second kappa shape index (κ2) is 13.3. The maximum Gasteiger partial charge on any atom is 0.107 e. The second-order valence-electron chi connectivity index (χ2n) is 4.89. The minimum absolute atomic E-state index is 0.480. The maximum atomic E-state index is 5.38. The fraction of sp³-hybridized carbons (Fsp3) is 0.368. The van der Waals surface area contributed by atoms with Crippen LogP contribution in [0.25, 0.3) is 0 Å². The van der Waals surface area contributed by atoms with Gasteiger partial charge in [0.25, 0.3) is 0 Å². The summed E-state index contributed by atoms with van der Waals surface area (Å²) in [5.41, 5.74) is 2.21. The third kappa shape index (κ3) is 9.56. The van der Waals surface area contributed by atoms with Crippen LogP contribution in [0.5, 0.6) is 0 Å². The van der Waals surface area contributed by atoms with Crippen LogP contribution in [-0.2, 0) is 23.0 Å². The summed E-state index contributed by atoms with van der Waals surface area (Å²) in [4.78, 5) is 10.2. The molecule has 0 atom stereocenters. The first-order valence-corrected chi connectivity index (χ1v) is 8.28. The van der Waals surface area contributed by atoms with Crippen molar-refractivity contribution in [1.29, 1.82) is 0 Å². The van der Waals surface area contributed by atoms with Crippen LogP contribution in [0, 0.1) is 0 Å². The first-order valence-electron chi connectivity index (χ1n) is 7.75. The van der Waals surface area contributed by atoms with Crippen molar-refractivity contribution in [3.05, 3.63) is 71.8 Å². The quantitative estimate of drug-likeness (QED) is 0.267. The van der Waals surface area contributed by atoms with E-state index in [-0.39, 0.29) is 0 Å². The summed E-state index contributed by atoms with van der Waals surface area (Å²) in [6.07, 6.45) is 3.73. The molecule has 0 saturated carbocycles. The number of hydrogen-bond donors (Lipinski definition) is 0. The summed E-state index contributed by atoms with van der Waals surface area (Å²) in [5.74, 6) is 0.827. The summed E-state index contributed by atoms with van der Waals surface area (Å²) in [5, 5.41) is 0. The van der Waals surface area contributed by atoms with Gasteiger partial charge < -0.3 is 0 Å². The molecule has 0 aliphatic heterocycles. The molecule has 22 heavy (non-hydrogen) atoms. The van der Waals surface area contributed by atoms with Crippen LogP contribution < -0.4 is 0 Å². The Labute approximate surface area is 139 Å². The second-order valence-corrected chi connectivity index (χ2v) is 5.27. The monoisotopic (exact) mass is 320 g/mol. The lowest BCUT2D eigenvalue weighted by Gasteiger charge is -2.04. The number of unbranched alkanes of at least 4 members (excludes halogenated alkanes) is 2. The van der Waals surface area contributed by atoms with E-state index in [0.717, 1.165) is 17.0 Å². The van der Waals surface area contributed by atoms with Gasteiger partial charge in [0.1, 0.15) is 13.2 Å². The topological polar surface area (TPSA) is 18.5 Å². The summed E-state index contributed by atoms with van der Waals surface area (Å²) >= 11 is 5.38. The Morgan fingerprint density at radius 3 is 1.50 bits per heavy atom. The molecule has 0 N–H and O–H groups in total. The highest BCUT2D eigenvalue weighted by molar-refractivity contribution is 6.17. The van der Waals surface area contributed by atoms with Crippen LogP contribution in [-0.4, -0.2) is 5.88 Å². The van der Waals surface area contributed by atoms with Gasteiger partial charge >= 0.3 is 0 Å². The van der Waals surface area contributed by atoms with E-state index in [4.69, 9.17) is 21.4 Å². The van der Waals surface area contributed by atoms with Gasteiger partial charge in [0, 0.05) is 5.88 Å². The Morgan fingerprint density at radius 2 is 1.18 bits per heavy atom. The SMILES string of the molecule is CCCCCCl.c1ccc(COOCc2ccccc2)cc1. The fourth-order valence-electron chi connectivity index (χ4n) is 1.71. The van der Waals surface area contributed by atoms with Crippen LogP contribution in [0.1, 0.15) is 37.3 Å². The zero-order valence-electron chi connectivity index (χ0n) is 13.2. The smallest absolute Gasteiger partial charge is 0.107 e. The van der Waals surface area contributed by atoms with Crippen molar-refractivity contribution in [3.8, 4) is 0 Å². The molecule has 3 heteroatoms. The van der Waals surface area contributed by atoms with Gasteiger partial charge in [0.2, 0.25) is 0 Å². The van der Waals surface area contributed by atoms with E-state index in [1.807, 2.05) is 60.7 Å². The van der Waals surface area contributed by atoms with E-state index in [1.54, 1.807) is 0 Å². The van der Waals surface area contributed by atoms with Crippen molar-refractivity contribution < 1.29 is 9.78 Å². The van der Waals surface area contributed by atoms with Gasteiger partial charge in [-0.3, -0.25) is 0 Å². The van der Waals surface area contributed by atoms with Gasteiger partial charge in [-0.2, -0.15) is 0 Å². The van der Waals surface area contributed by atoms with Crippen molar-refractivity contribution in [2.75, 3.05) is 5.88 Å². The number of hydrogen-bond acceptors (Lipinski definition) is 2. The Kier molecular flexibility index (Phi) is 11.3. The maximum absolute atomic E-state index is 5.38. The standard InChI is InChI=1S/C14H14O2.C5H11Cl/c1-3-7-13(8-4-1)11-15-16-12-14-9-5-2-6-10-14;1-2-3-4-5-6/h1-10H,11-12H2;2-5H2,1H3.